The molecule has 0 aliphatic heterocycles. The van der Waals surface area contributed by atoms with Crippen molar-refractivity contribution in [2.24, 2.45) is 5.73 Å². The minimum Gasteiger partial charge on any atom is -0.497 e. The first-order valence-electron chi connectivity index (χ1n) is 7.37. The van der Waals surface area contributed by atoms with Crippen molar-refractivity contribution in [1.82, 2.24) is 5.32 Å². The van der Waals surface area contributed by atoms with Gasteiger partial charge < -0.3 is 20.5 Å². The van der Waals surface area contributed by atoms with Crippen molar-refractivity contribution in [3.63, 3.8) is 0 Å². The highest BCUT2D eigenvalue weighted by atomic mass is 35.5. The number of halogens is 1. The van der Waals surface area contributed by atoms with Gasteiger partial charge in [-0.05, 0) is 25.0 Å². The fourth-order valence-corrected chi connectivity index (χ4v) is 2.76. The molecule has 0 saturated heterocycles. The molecular weight excluding hydrogens is 304 g/mol. The molecule has 124 valence electrons. The van der Waals surface area contributed by atoms with E-state index in [-0.39, 0.29) is 18.3 Å². The fourth-order valence-electron chi connectivity index (χ4n) is 2.76. The van der Waals surface area contributed by atoms with Crippen molar-refractivity contribution in [3.05, 3.63) is 23.8 Å². The van der Waals surface area contributed by atoms with Crippen LogP contribution < -0.4 is 20.5 Å². The van der Waals surface area contributed by atoms with E-state index in [0.717, 1.165) is 37.0 Å². The summed E-state index contributed by atoms with van der Waals surface area (Å²) in [7, 11) is 3.21. The van der Waals surface area contributed by atoms with Gasteiger partial charge in [-0.25, -0.2) is 0 Å². The molecule has 1 aromatic rings. The molecule has 6 heteroatoms. The standard InChI is InChI=1S/C16H24N2O3.ClH/c1-20-13-7-6-12(14(10-13)21-2)11-18-15(19)16(17)8-4-3-5-9-16;/h6-7,10H,3-5,8-9,11,17H2,1-2H3,(H,18,19);1H. The first-order valence-corrected chi connectivity index (χ1v) is 7.37. The van der Waals surface area contributed by atoms with Gasteiger partial charge in [-0.1, -0.05) is 19.3 Å². The number of nitrogens with one attached hydrogen (secondary N) is 1. The molecule has 5 nitrogen and oxygen atoms in total. The molecule has 2 rings (SSSR count). The number of hydrogen-bond acceptors (Lipinski definition) is 4. The van der Waals surface area contributed by atoms with E-state index in [2.05, 4.69) is 5.32 Å². The van der Waals surface area contributed by atoms with E-state index < -0.39 is 5.54 Å². The molecule has 1 fully saturated rings. The van der Waals surface area contributed by atoms with E-state index in [0.29, 0.717) is 12.3 Å². The number of hydrogen-bond donors (Lipinski definition) is 2. The van der Waals surface area contributed by atoms with Gasteiger partial charge in [0, 0.05) is 18.2 Å². The van der Waals surface area contributed by atoms with Crippen LogP contribution in [0.4, 0.5) is 0 Å². The Bertz CT molecular complexity index is 502. The monoisotopic (exact) mass is 328 g/mol. The van der Waals surface area contributed by atoms with E-state index in [1.54, 1.807) is 20.3 Å². The van der Waals surface area contributed by atoms with Crippen LogP contribution in [-0.4, -0.2) is 25.7 Å². The lowest BCUT2D eigenvalue weighted by Crippen LogP contribution is -2.54. The molecule has 1 aromatic carbocycles. The minimum atomic E-state index is -0.710. The van der Waals surface area contributed by atoms with Crippen LogP contribution in [0.25, 0.3) is 0 Å². The Morgan fingerprint density at radius 2 is 1.91 bits per heavy atom. The molecule has 3 N–H and O–H groups in total. The van der Waals surface area contributed by atoms with Gasteiger partial charge in [0.05, 0.1) is 19.8 Å². The second-order valence-corrected chi connectivity index (χ2v) is 5.58. The van der Waals surface area contributed by atoms with Crippen LogP contribution in [0.15, 0.2) is 18.2 Å². The number of amides is 1. The van der Waals surface area contributed by atoms with Gasteiger partial charge in [0.25, 0.3) is 0 Å². The van der Waals surface area contributed by atoms with Gasteiger partial charge in [-0.3, -0.25) is 4.79 Å². The maximum Gasteiger partial charge on any atom is 0.240 e. The lowest BCUT2D eigenvalue weighted by atomic mass is 9.82. The molecule has 0 spiro atoms. The van der Waals surface area contributed by atoms with Crippen molar-refractivity contribution < 1.29 is 14.3 Å². The van der Waals surface area contributed by atoms with E-state index in [1.165, 1.54) is 6.42 Å². The van der Waals surface area contributed by atoms with E-state index in [1.807, 2.05) is 12.1 Å². The summed E-state index contributed by atoms with van der Waals surface area (Å²) >= 11 is 0. The van der Waals surface area contributed by atoms with Crippen LogP contribution in [0.1, 0.15) is 37.7 Å². The summed E-state index contributed by atoms with van der Waals surface area (Å²) < 4.78 is 10.5. The molecule has 22 heavy (non-hydrogen) atoms. The highest BCUT2D eigenvalue weighted by Crippen LogP contribution is 2.27. The second kappa shape index (κ2) is 8.25. The number of carbonyl (C=O) groups is 1. The third-order valence-electron chi connectivity index (χ3n) is 4.13. The van der Waals surface area contributed by atoms with Crippen LogP contribution >= 0.6 is 12.4 Å². The smallest absolute Gasteiger partial charge is 0.240 e. The fraction of sp³-hybridized carbons (Fsp3) is 0.562. The Kier molecular flexibility index (Phi) is 6.97. The predicted molar refractivity (Wildman–Crippen MR) is 88.6 cm³/mol. The highest BCUT2D eigenvalue weighted by molar-refractivity contribution is 5.86. The summed E-state index contributed by atoms with van der Waals surface area (Å²) in [5, 5.41) is 2.94. The first kappa shape index (κ1) is 18.6. The van der Waals surface area contributed by atoms with E-state index in [9.17, 15) is 4.79 Å². The normalized spacial score (nSPS) is 16.3. The van der Waals surface area contributed by atoms with Crippen molar-refractivity contribution in [1.29, 1.82) is 0 Å². The van der Waals surface area contributed by atoms with Crippen molar-refractivity contribution >= 4 is 18.3 Å². The molecule has 0 aromatic heterocycles. The maximum atomic E-state index is 12.3. The zero-order chi connectivity index (χ0) is 15.3. The SMILES string of the molecule is COc1ccc(CNC(=O)C2(N)CCCCC2)c(OC)c1.Cl. The summed E-state index contributed by atoms with van der Waals surface area (Å²) in [6, 6.07) is 5.55. The number of methoxy groups -OCH3 is 2. The zero-order valence-electron chi connectivity index (χ0n) is 13.2. The quantitative estimate of drug-likeness (QED) is 0.870. The molecule has 1 aliphatic rings. The molecule has 0 heterocycles. The van der Waals surface area contributed by atoms with Gasteiger partial charge in [0.15, 0.2) is 0 Å². The van der Waals surface area contributed by atoms with Crippen LogP contribution in [-0.2, 0) is 11.3 Å². The van der Waals surface area contributed by atoms with E-state index in [4.69, 9.17) is 15.2 Å². The predicted octanol–water partition coefficient (Wildman–Crippen LogP) is 2.40. The molecular formula is C16H25ClN2O3. The molecule has 1 aliphatic carbocycles. The molecule has 0 radical (unpaired) electrons. The van der Waals surface area contributed by atoms with Gasteiger partial charge in [0.2, 0.25) is 5.91 Å². The first-order chi connectivity index (χ1) is 10.1. The molecule has 0 unspecified atom stereocenters. The largest absolute Gasteiger partial charge is 0.497 e. The van der Waals surface area contributed by atoms with Crippen molar-refractivity contribution in [3.8, 4) is 11.5 Å². The van der Waals surface area contributed by atoms with Crippen molar-refractivity contribution in [2.45, 2.75) is 44.2 Å². The zero-order valence-corrected chi connectivity index (χ0v) is 14.0. The lowest BCUT2D eigenvalue weighted by Gasteiger charge is -2.31. The minimum absolute atomic E-state index is 0. The van der Waals surface area contributed by atoms with Gasteiger partial charge in [-0.15, -0.1) is 12.4 Å². The Labute approximate surface area is 138 Å². The molecule has 1 saturated carbocycles. The maximum absolute atomic E-state index is 12.3. The number of carbonyl (C=O) groups excluding carboxylic acids is 1. The van der Waals surface area contributed by atoms with Gasteiger partial charge in [-0.2, -0.15) is 0 Å². The summed E-state index contributed by atoms with van der Waals surface area (Å²) in [4.78, 5) is 12.3. The highest BCUT2D eigenvalue weighted by Gasteiger charge is 2.34. The summed E-state index contributed by atoms with van der Waals surface area (Å²) in [5.74, 6) is 1.36. The van der Waals surface area contributed by atoms with Crippen LogP contribution in [0.5, 0.6) is 11.5 Å². The topological polar surface area (TPSA) is 73.6 Å². The summed E-state index contributed by atoms with van der Waals surface area (Å²) in [6.45, 7) is 0.408. The molecule has 1 amide bonds. The molecule has 0 atom stereocenters. The number of benzene rings is 1. The Balaban J connectivity index is 0.00000242. The Morgan fingerprint density at radius 1 is 1.23 bits per heavy atom. The van der Waals surface area contributed by atoms with Gasteiger partial charge in [0.1, 0.15) is 11.5 Å². The third kappa shape index (κ3) is 4.27. The third-order valence-corrected chi connectivity index (χ3v) is 4.13. The number of nitrogens with two attached hydrogens (primary N) is 1. The Hall–Kier alpha value is -1.46. The van der Waals surface area contributed by atoms with E-state index >= 15 is 0 Å². The average molecular weight is 329 g/mol. The van der Waals surface area contributed by atoms with Crippen LogP contribution in [0, 0.1) is 0 Å². The Morgan fingerprint density at radius 3 is 2.50 bits per heavy atom. The lowest BCUT2D eigenvalue weighted by molar-refractivity contribution is -0.127. The second-order valence-electron chi connectivity index (χ2n) is 5.58. The average Bonchev–Trinajstić information content (AvgIpc) is 2.53. The number of rotatable bonds is 5. The van der Waals surface area contributed by atoms with Gasteiger partial charge >= 0.3 is 0 Å². The van der Waals surface area contributed by atoms with Crippen LogP contribution in [0.2, 0.25) is 0 Å². The summed E-state index contributed by atoms with van der Waals surface area (Å²) in [6.07, 6.45) is 4.74. The number of ether oxygens (including phenoxy) is 2. The van der Waals surface area contributed by atoms with Crippen LogP contribution in [0.3, 0.4) is 0 Å². The van der Waals surface area contributed by atoms with Crippen molar-refractivity contribution in [2.75, 3.05) is 14.2 Å². The molecule has 0 bridgehead atoms. The summed E-state index contributed by atoms with van der Waals surface area (Å²) in [5.41, 5.74) is 6.42.